The lowest BCUT2D eigenvalue weighted by atomic mass is 10.1. The molecule has 4 nitrogen and oxygen atoms in total. The zero-order valence-electron chi connectivity index (χ0n) is 10.3. The van der Waals surface area contributed by atoms with Crippen molar-refractivity contribution < 1.29 is 13.9 Å². The molecule has 2 heterocycles. The molecule has 4 heteroatoms. The Morgan fingerprint density at radius 2 is 2.05 bits per heavy atom. The number of para-hydroxylation sites is 1. The second kappa shape index (κ2) is 4.57. The molecule has 0 N–H and O–H groups in total. The minimum Gasteiger partial charge on any atom is -0.495 e. The number of ether oxygens (including phenoxy) is 1. The molecule has 2 aromatic heterocycles. The fraction of sp³-hybridized carbons (Fsp3) is 0.0667. The average Bonchev–Trinajstić information content (AvgIpc) is 2.90. The van der Waals surface area contributed by atoms with Crippen molar-refractivity contribution in [1.82, 2.24) is 4.98 Å². The van der Waals surface area contributed by atoms with Gasteiger partial charge in [-0.2, -0.15) is 0 Å². The van der Waals surface area contributed by atoms with Gasteiger partial charge in [-0.25, -0.2) is 0 Å². The number of ketones is 1. The molecule has 0 atom stereocenters. The van der Waals surface area contributed by atoms with E-state index < -0.39 is 0 Å². The number of benzene rings is 1. The van der Waals surface area contributed by atoms with Crippen LogP contribution in [0.15, 0.2) is 53.2 Å². The van der Waals surface area contributed by atoms with Crippen molar-refractivity contribution in [2.24, 2.45) is 0 Å². The molecule has 19 heavy (non-hydrogen) atoms. The number of hydrogen-bond acceptors (Lipinski definition) is 4. The van der Waals surface area contributed by atoms with Crippen molar-refractivity contribution in [3.63, 3.8) is 0 Å². The third-order valence-corrected chi connectivity index (χ3v) is 2.86. The highest BCUT2D eigenvalue weighted by molar-refractivity contribution is 6.08. The maximum Gasteiger partial charge on any atom is 0.229 e. The third-order valence-electron chi connectivity index (χ3n) is 2.86. The number of furan rings is 1. The summed E-state index contributed by atoms with van der Waals surface area (Å²) in [6, 6.07) is 10.9. The molecule has 0 radical (unpaired) electrons. The molecule has 0 aliphatic heterocycles. The van der Waals surface area contributed by atoms with E-state index in [4.69, 9.17) is 9.15 Å². The van der Waals surface area contributed by atoms with Gasteiger partial charge in [0.25, 0.3) is 0 Å². The van der Waals surface area contributed by atoms with E-state index in [1.54, 1.807) is 18.3 Å². The van der Waals surface area contributed by atoms with Crippen molar-refractivity contribution >= 4 is 16.8 Å². The summed E-state index contributed by atoms with van der Waals surface area (Å²) in [5.74, 6) is 0.640. The van der Waals surface area contributed by atoms with Gasteiger partial charge in [-0.15, -0.1) is 0 Å². The van der Waals surface area contributed by atoms with E-state index in [2.05, 4.69) is 4.98 Å². The number of nitrogens with zero attached hydrogens (tertiary/aromatic N) is 1. The smallest absolute Gasteiger partial charge is 0.229 e. The molecule has 0 saturated carbocycles. The van der Waals surface area contributed by atoms with E-state index in [9.17, 15) is 4.79 Å². The Kier molecular flexibility index (Phi) is 2.76. The van der Waals surface area contributed by atoms with Gasteiger partial charge in [0.05, 0.1) is 13.3 Å². The van der Waals surface area contributed by atoms with Crippen LogP contribution in [0.4, 0.5) is 0 Å². The topological polar surface area (TPSA) is 52.3 Å². The fourth-order valence-electron chi connectivity index (χ4n) is 1.89. The number of aromatic nitrogens is 1. The first-order valence-electron chi connectivity index (χ1n) is 5.80. The Balaban J connectivity index is 2.02. The Bertz CT molecular complexity index is 713. The van der Waals surface area contributed by atoms with E-state index >= 15 is 0 Å². The van der Waals surface area contributed by atoms with E-state index in [1.165, 1.54) is 13.3 Å². The molecule has 0 saturated heterocycles. The van der Waals surface area contributed by atoms with Crippen molar-refractivity contribution in [2.75, 3.05) is 7.11 Å². The van der Waals surface area contributed by atoms with E-state index in [-0.39, 0.29) is 5.78 Å². The van der Waals surface area contributed by atoms with Gasteiger partial charge in [-0.05, 0) is 18.2 Å². The quantitative estimate of drug-likeness (QED) is 0.673. The Hall–Kier alpha value is -2.62. The highest BCUT2D eigenvalue weighted by Gasteiger charge is 2.15. The maximum absolute atomic E-state index is 12.3. The number of methoxy groups -OCH3 is 1. The van der Waals surface area contributed by atoms with Crippen LogP contribution in [0, 0.1) is 0 Å². The number of rotatable bonds is 3. The molecule has 0 unspecified atom stereocenters. The summed E-state index contributed by atoms with van der Waals surface area (Å²) < 4.78 is 10.6. The van der Waals surface area contributed by atoms with Crippen LogP contribution < -0.4 is 4.74 Å². The number of pyridine rings is 1. The van der Waals surface area contributed by atoms with Crippen LogP contribution in [0.3, 0.4) is 0 Å². The van der Waals surface area contributed by atoms with Crippen LogP contribution in [0.2, 0.25) is 0 Å². The molecule has 0 aliphatic rings. The van der Waals surface area contributed by atoms with E-state index in [0.717, 1.165) is 5.39 Å². The molecule has 94 valence electrons. The molecule has 0 bridgehead atoms. The van der Waals surface area contributed by atoms with Crippen molar-refractivity contribution in [2.45, 2.75) is 0 Å². The molecule has 0 amide bonds. The normalized spacial score (nSPS) is 10.6. The number of carbonyl (C=O) groups excluding carboxylic acids is 1. The highest BCUT2D eigenvalue weighted by atomic mass is 16.5. The summed E-state index contributed by atoms with van der Waals surface area (Å²) in [6.45, 7) is 0. The summed E-state index contributed by atoms with van der Waals surface area (Å²) in [4.78, 5) is 16.3. The highest BCUT2D eigenvalue weighted by Crippen LogP contribution is 2.22. The SMILES string of the molecule is COc1cncc(C(=O)c2cc3ccccc3o2)c1. The monoisotopic (exact) mass is 253 g/mol. The van der Waals surface area contributed by atoms with Gasteiger partial charge in [0, 0.05) is 17.1 Å². The lowest BCUT2D eigenvalue weighted by Gasteiger charge is -2.00. The Morgan fingerprint density at radius 3 is 2.84 bits per heavy atom. The second-order valence-corrected chi connectivity index (χ2v) is 4.09. The molecule has 0 aliphatic carbocycles. The van der Waals surface area contributed by atoms with Crippen molar-refractivity contribution in [3.8, 4) is 5.75 Å². The molecule has 3 aromatic rings. The molecular weight excluding hydrogens is 242 g/mol. The van der Waals surface area contributed by atoms with Crippen molar-refractivity contribution in [1.29, 1.82) is 0 Å². The minimum absolute atomic E-state index is 0.206. The van der Waals surface area contributed by atoms with Gasteiger partial charge < -0.3 is 9.15 Å². The molecule has 0 spiro atoms. The third kappa shape index (κ3) is 2.08. The van der Waals surface area contributed by atoms with Gasteiger partial charge in [-0.3, -0.25) is 9.78 Å². The second-order valence-electron chi connectivity index (χ2n) is 4.09. The van der Waals surface area contributed by atoms with Crippen LogP contribution in [-0.2, 0) is 0 Å². The number of hydrogen-bond donors (Lipinski definition) is 0. The summed E-state index contributed by atoms with van der Waals surface area (Å²) in [5, 5.41) is 0.904. The van der Waals surface area contributed by atoms with Gasteiger partial charge in [0.2, 0.25) is 5.78 Å². The van der Waals surface area contributed by atoms with Gasteiger partial charge >= 0.3 is 0 Å². The van der Waals surface area contributed by atoms with Crippen LogP contribution in [0.25, 0.3) is 11.0 Å². The first-order valence-corrected chi connectivity index (χ1v) is 5.80. The maximum atomic E-state index is 12.3. The first kappa shape index (κ1) is 11.5. The standard InChI is InChI=1S/C15H11NO3/c1-18-12-6-11(8-16-9-12)15(17)14-7-10-4-2-3-5-13(10)19-14/h2-9H,1H3. The van der Waals surface area contributed by atoms with Crippen LogP contribution in [0.5, 0.6) is 5.75 Å². The van der Waals surface area contributed by atoms with Crippen LogP contribution in [-0.4, -0.2) is 17.9 Å². The summed E-state index contributed by atoms with van der Waals surface area (Å²) in [7, 11) is 1.53. The van der Waals surface area contributed by atoms with Gasteiger partial charge in [-0.1, -0.05) is 18.2 Å². The minimum atomic E-state index is -0.206. The number of fused-ring (bicyclic) bond motifs is 1. The molecule has 0 fully saturated rings. The molecule has 1 aromatic carbocycles. The summed E-state index contributed by atoms with van der Waals surface area (Å²) in [5.41, 5.74) is 1.14. The number of carbonyl (C=O) groups is 1. The molecular formula is C15H11NO3. The predicted octanol–water partition coefficient (Wildman–Crippen LogP) is 3.07. The molecule has 3 rings (SSSR count). The van der Waals surface area contributed by atoms with Gasteiger partial charge in [0.1, 0.15) is 11.3 Å². The summed E-state index contributed by atoms with van der Waals surface area (Å²) in [6.07, 6.45) is 3.05. The van der Waals surface area contributed by atoms with E-state index in [1.807, 2.05) is 24.3 Å². The zero-order valence-corrected chi connectivity index (χ0v) is 10.3. The largest absolute Gasteiger partial charge is 0.495 e. The average molecular weight is 253 g/mol. The lowest BCUT2D eigenvalue weighted by Crippen LogP contribution is -2.00. The lowest BCUT2D eigenvalue weighted by molar-refractivity contribution is 0.101. The van der Waals surface area contributed by atoms with Crippen LogP contribution >= 0.6 is 0 Å². The van der Waals surface area contributed by atoms with Crippen molar-refractivity contribution in [3.05, 3.63) is 60.1 Å². The van der Waals surface area contributed by atoms with E-state index in [0.29, 0.717) is 22.7 Å². The van der Waals surface area contributed by atoms with Gasteiger partial charge in [0.15, 0.2) is 5.76 Å². The summed E-state index contributed by atoms with van der Waals surface area (Å²) >= 11 is 0. The fourth-order valence-corrected chi connectivity index (χ4v) is 1.89. The first-order chi connectivity index (χ1) is 9.28. The Labute approximate surface area is 109 Å². The van der Waals surface area contributed by atoms with Crippen LogP contribution in [0.1, 0.15) is 16.1 Å². The predicted molar refractivity (Wildman–Crippen MR) is 70.4 cm³/mol. The zero-order chi connectivity index (χ0) is 13.2. The Morgan fingerprint density at radius 1 is 1.21 bits per heavy atom.